The maximum Gasteiger partial charge on any atom is 0.335 e. The van der Waals surface area contributed by atoms with Crippen LogP contribution in [-0.4, -0.2) is 39.7 Å². The molecule has 3 aromatic rings. The number of aromatic carboxylic acids is 1. The zero-order chi connectivity index (χ0) is 23.4. The van der Waals surface area contributed by atoms with E-state index in [9.17, 15) is 9.90 Å². The van der Waals surface area contributed by atoms with Gasteiger partial charge in [0.05, 0.1) is 11.7 Å². The molecular weight excluding hydrogens is 424 g/mol. The van der Waals surface area contributed by atoms with Gasteiger partial charge >= 0.3 is 5.97 Å². The smallest absolute Gasteiger partial charge is 0.335 e. The van der Waals surface area contributed by atoms with Crippen molar-refractivity contribution >= 4 is 16.9 Å². The van der Waals surface area contributed by atoms with Gasteiger partial charge in [-0.25, -0.2) is 4.79 Å². The van der Waals surface area contributed by atoms with Crippen molar-refractivity contribution in [3.8, 4) is 0 Å². The quantitative estimate of drug-likeness (QED) is 0.448. The van der Waals surface area contributed by atoms with Gasteiger partial charge in [0, 0.05) is 41.8 Å². The number of fused-ring (bicyclic) bond motifs is 3. The fourth-order valence-corrected chi connectivity index (χ4v) is 6.88. The minimum Gasteiger partial charge on any atom is -0.478 e. The van der Waals surface area contributed by atoms with Gasteiger partial charge in [-0.2, -0.15) is 0 Å². The van der Waals surface area contributed by atoms with Crippen molar-refractivity contribution in [3.05, 3.63) is 70.4 Å². The monoisotopic (exact) mass is 458 g/mol. The van der Waals surface area contributed by atoms with Crippen molar-refractivity contribution in [1.29, 1.82) is 0 Å². The van der Waals surface area contributed by atoms with E-state index in [1.807, 2.05) is 0 Å². The van der Waals surface area contributed by atoms with Crippen molar-refractivity contribution in [2.45, 2.75) is 82.5 Å². The minimum atomic E-state index is -0.871. The van der Waals surface area contributed by atoms with Crippen LogP contribution in [-0.2, 0) is 16.8 Å². The molecule has 3 aliphatic rings. The molecule has 1 aliphatic carbocycles. The number of H-pyrrole nitrogens is 1. The third-order valence-corrected chi connectivity index (χ3v) is 8.59. The Hall–Kier alpha value is -2.63. The van der Waals surface area contributed by atoms with E-state index in [-0.39, 0.29) is 11.6 Å². The Kier molecular flexibility index (Phi) is 5.30. The topological polar surface area (TPSA) is 65.6 Å². The Bertz CT molecular complexity index is 1230. The molecule has 5 heteroatoms. The Morgan fingerprint density at radius 1 is 1.21 bits per heavy atom. The van der Waals surface area contributed by atoms with Gasteiger partial charge in [0.25, 0.3) is 0 Å². The molecular formula is C29H34N2O3. The number of nitrogens with one attached hydrogen (secondary N) is 1. The highest BCUT2D eigenvalue weighted by molar-refractivity contribution is 5.88. The second-order valence-electron chi connectivity index (χ2n) is 10.6. The van der Waals surface area contributed by atoms with Crippen molar-refractivity contribution in [2.75, 3.05) is 6.61 Å². The van der Waals surface area contributed by atoms with Crippen molar-refractivity contribution in [2.24, 2.45) is 0 Å². The molecule has 3 fully saturated rings. The number of benzene rings is 2. The first kappa shape index (κ1) is 21.9. The number of carboxylic acids is 1. The summed E-state index contributed by atoms with van der Waals surface area (Å²) >= 11 is 0. The Labute approximate surface area is 201 Å². The van der Waals surface area contributed by atoms with Crippen LogP contribution in [0.5, 0.6) is 0 Å². The Balaban J connectivity index is 1.44. The summed E-state index contributed by atoms with van der Waals surface area (Å²) in [5.41, 5.74) is 7.08. The van der Waals surface area contributed by atoms with Gasteiger partial charge in [-0.05, 0) is 98.7 Å². The molecule has 2 N–H and O–H groups in total. The van der Waals surface area contributed by atoms with Gasteiger partial charge in [-0.3, -0.25) is 4.90 Å². The van der Waals surface area contributed by atoms with E-state index in [0.29, 0.717) is 17.5 Å². The maximum absolute atomic E-state index is 11.5. The van der Waals surface area contributed by atoms with E-state index in [2.05, 4.69) is 54.2 Å². The van der Waals surface area contributed by atoms with Crippen LogP contribution in [0.3, 0.4) is 0 Å². The summed E-state index contributed by atoms with van der Waals surface area (Å²) in [6, 6.07) is 12.8. The molecule has 34 heavy (non-hydrogen) atoms. The van der Waals surface area contributed by atoms with Crippen LogP contribution in [0.1, 0.15) is 84.0 Å². The summed E-state index contributed by atoms with van der Waals surface area (Å²) < 4.78 is 6.19. The highest BCUT2D eigenvalue weighted by atomic mass is 16.5. The van der Waals surface area contributed by atoms with Crippen LogP contribution in [0.2, 0.25) is 0 Å². The molecule has 2 saturated heterocycles. The number of hydrogen-bond donors (Lipinski definition) is 2. The summed E-state index contributed by atoms with van der Waals surface area (Å²) in [6.07, 6.45) is 9.20. The minimum absolute atomic E-state index is 0.117. The number of rotatable bonds is 7. The standard InChI is InChI=1S/C29H34N2O3/c1-3-34-23-15-22-10-12-29(16-23,21-8-6-20(7-9-21)28(32)33)31(22)17-26-24-11-13-30-27(24)18(2)14-25(26)19-4-5-19/h6-9,11,13-14,19,22-23,30H,3-5,10,12,15-17H2,1-2H3,(H,32,33)/t22-,23+,29+/m1/s1. The molecule has 1 saturated carbocycles. The number of aromatic amines is 1. The van der Waals surface area contributed by atoms with E-state index in [1.165, 1.54) is 46.0 Å². The number of carbonyl (C=O) groups is 1. The molecule has 0 radical (unpaired) electrons. The predicted molar refractivity (Wildman–Crippen MR) is 133 cm³/mol. The van der Waals surface area contributed by atoms with Crippen molar-refractivity contribution in [3.63, 3.8) is 0 Å². The normalized spacial score (nSPS) is 26.9. The lowest BCUT2D eigenvalue weighted by Crippen LogP contribution is -2.52. The molecule has 178 valence electrons. The Morgan fingerprint density at radius 2 is 2.00 bits per heavy atom. The van der Waals surface area contributed by atoms with Crippen molar-refractivity contribution in [1.82, 2.24) is 9.88 Å². The Morgan fingerprint density at radius 3 is 2.71 bits per heavy atom. The number of carboxylic acid groups (broad SMARTS) is 1. The van der Waals surface area contributed by atoms with Gasteiger partial charge in [-0.1, -0.05) is 18.2 Å². The number of aromatic nitrogens is 1. The molecule has 0 unspecified atom stereocenters. The number of aryl methyl sites for hydroxylation is 1. The summed E-state index contributed by atoms with van der Waals surface area (Å²) in [5.74, 6) is -0.179. The zero-order valence-corrected chi connectivity index (χ0v) is 20.1. The first-order chi connectivity index (χ1) is 16.5. The van der Waals surface area contributed by atoms with E-state index >= 15 is 0 Å². The fraction of sp³-hybridized carbons (Fsp3) is 0.483. The van der Waals surface area contributed by atoms with E-state index < -0.39 is 5.97 Å². The van der Waals surface area contributed by atoms with Crippen LogP contribution in [0.15, 0.2) is 42.6 Å². The first-order valence-corrected chi connectivity index (χ1v) is 12.8. The number of hydrogen-bond acceptors (Lipinski definition) is 3. The molecule has 0 amide bonds. The molecule has 2 bridgehead atoms. The lowest BCUT2D eigenvalue weighted by Gasteiger charge is -2.48. The largest absolute Gasteiger partial charge is 0.478 e. The summed E-state index contributed by atoms with van der Waals surface area (Å²) in [6.45, 7) is 5.97. The molecule has 3 heterocycles. The van der Waals surface area contributed by atoms with Gasteiger partial charge in [0.15, 0.2) is 0 Å². The molecule has 5 nitrogen and oxygen atoms in total. The molecule has 0 spiro atoms. The summed E-state index contributed by atoms with van der Waals surface area (Å²) in [4.78, 5) is 17.7. The predicted octanol–water partition coefficient (Wildman–Crippen LogP) is 6.11. The second-order valence-corrected chi connectivity index (χ2v) is 10.6. The van der Waals surface area contributed by atoms with Crippen LogP contribution in [0, 0.1) is 6.92 Å². The van der Waals surface area contributed by atoms with Crippen LogP contribution in [0.4, 0.5) is 0 Å². The van der Waals surface area contributed by atoms with Crippen LogP contribution in [0.25, 0.3) is 10.9 Å². The lowest BCUT2D eigenvalue weighted by molar-refractivity contribution is -0.0592. The van der Waals surface area contributed by atoms with E-state index in [4.69, 9.17) is 4.74 Å². The number of nitrogens with zero attached hydrogens (tertiary/aromatic N) is 1. The van der Waals surface area contributed by atoms with Gasteiger partial charge in [0.2, 0.25) is 0 Å². The van der Waals surface area contributed by atoms with E-state index in [1.54, 1.807) is 12.1 Å². The number of ether oxygens (including phenoxy) is 1. The average molecular weight is 459 g/mol. The molecule has 1 aromatic heterocycles. The van der Waals surface area contributed by atoms with Crippen molar-refractivity contribution < 1.29 is 14.6 Å². The van der Waals surface area contributed by atoms with Gasteiger partial charge in [-0.15, -0.1) is 0 Å². The maximum atomic E-state index is 11.5. The van der Waals surface area contributed by atoms with E-state index in [0.717, 1.165) is 38.8 Å². The second kappa shape index (κ2) is 8.24. The molecule has 2 aliphatic heterocycles. The average Bonchev–Trinajstić information content (AvgIpc) is 3.51. The molecule has 6 rings (SSSR count). The first-order valence-electron chi connectivity index (χ1n) is 12.8. The number of piperidine rings is 1. The summed E-state index contributed by atoms with van der Waals surface area (Å²) in [7, 11) is 0. The highest BCUT2D eigenvalue weighted by Crippen LogP contribution is 2.53. The lowest BCUT2D eigenvalue weighted by atomic mass is 9.79. The van der Waals surface area contributed by atoms with Gasteiger partial charge < -0.3 is 14.8 Å². The molecule has 2 aromatic carbocycles. The third kappa shape index (κ3) is 3.48. The third-order valence-electron chi connectivity index (χ3n) is 8.59. The fourth-order valence-electron chi connectivity index (χ4n) is 6.88. The SMILES string of the molecule is CCO[C@H]1C[C@H]2CC[C@@](c3ccc(C(=O)O)cc3)(C1)N2Cc1c(C2CC2)cc(C)c2[nH]ccc12. The highest BCUT2D eigenvalue weighted by Gasteiger charge is 2.53. The zero-order valence-electron chi connectivity index (χ0n) is 20.1. The van der Waals surface area contributed by atoms with Gasteiger partial charge in [0.1, 0.15) is 0 Å². The van der Waals surface area contributed by atoms with Crippen LogP contribution >= 0.6 is 0 Å². The molecule has 3 atom stereocenters. The van der Waals surface area contributed by atoms with Crippen LogP contribution < -0.4 is 0 Å². The summed E-state index contributed by atoms with van der Waals surface area (Å²) in [5, 5.41) is 10.8.